The second-order valence-corrected chi connectivity index (χ2v) is 11.9. The summed E-state index contributed by atoms with van der Waals surface area (Å²) in [7, 11) is -3.46. The van der Waals surface area contributed by atoms with Crippen molar-refractivity contribution in [3.63, 3.8) is 0 Å². The van der Waals surface area contributed by atoms with Gasteiger partial charge in [0.2, 0.25) is 17.6 Å². The molecule has 0 radical (unpaired) electrons. The molecular formula is C25H23F8N5O4S. The molecule has 1 heterocycles. The SMILES string of the molecule is Cc1cc(Cn2nc(C(F)(F)C(F)(F)F)nc2C(F)(F)F)ccc1NC(=O)c1cccc([C@H](C)CS(C)(=O)=O)c1C(N)=O. The maximum Gasteiger partial charge on any atom is 0.461 e. The first-order chi connectivity index (χ1) is 19.5. The summed E-state index contributed by atoms with van der Waals surface area (Å²) in [5, 5.41) is 5.28. The first-order valence-electron chi connectivity index (χ1n) is 12.0. The monoisotopic (exact) mass is 641 g/mol. The van der Waals surface area contributed by atoms with Crippen molar-refractivity contribution in [3.05, 3.63) is 75.9 Å². The third-order valence-electron chi connectivity index (χ3n) is 6.10. The Balaban J connectivity index is 1.93. The molecule has 0 saturated carbocycles. The summed E-state index contributed by atoms with van der Waals surface area (Å²) in [6.07, 6.45) is -10.7. The van der Waals surface area contributed by atoms with Crippen LogP contribution >= 0.6 is 0 Å². The number of carbonyl (C=O) groups is 2. The normalized spacial score (nSPS) is 13.6. The molecule has 3 aromatic rings. The topological polar surface area (TPSA) is 137 Å². The van der Waals surface area contributed by atoms with Gasteiger partial charge in [-0.05, 0) is 41.7 Å². The van der Waals surface area contributed by atoms with Crippen molar-refractivity contribution in [1.29, 1.82) is 0 Å². The standard InChI is InChI=1S/C25H23F8N5O4S/c1-12-9-14(10-38-22(24(28,29)30)36-21(37-38)23(26,27)25(31,32)33)7-8-17(12)35-20(40)16-6-4-5-15(18(16)19(34)39)13(2)11-43(3,41)42/h4-9,13H,10-11H2,1-3H3,(H2,34,39)(H,35,40)/t13-/m1/s1. The molecule has 0 fully saturated rings. The van der Waals surface area contributed by atoms with Crippen LogP contribution in [0.3, 0.4) is 0 Å². The Morgan fingerprint density at radius 1 is 1.05 bits per heavy atom. The predicted molar refractivity (Wildman–Crippen MR) is 136 cm³/mol. The highest BCUT2D eigenvalue weighted by atomic mass is 32.2. The van der Waals surface area contributed by atoms with E-state index in [1.54, 1.807) is 0 Å². The number of aryl methyl sites for hydroxylation is 1. The van der Waals surface area contributed by atoms with Gasteiger partial charge < -0.3 is 11.1 Å². The minimum absolute atomic E-state index is 0.0257. The van der Waals surface area contributed by atoms with Crippen molar-refractivity contribution in [1.82, 2.24) is 14.8 Å². The number of hydrogen-bond acceptors (Lipinski definition) is 6. The van der Waals surface area contributed by atoms with Crippen LogP contribution in [0, 0.1) is 6.92 Å². The minimum atomic E-state index is -6.24. The van der Waals surface area contributed by atoms with Crippen molar-refractivity contribution < 1.29 is 53.1 Å². The summed E-state index contributed by atoms with van der Waals surface area (Å²) in [6, 6.07) is 7.73. The lowest BCUT2D eigenvalue weighted by atomic mass is 9.92. The first kappa shape index (κ1) is 33.4. The zero-order valence-electron chi connectivity index (χ0n) is 22.4. The highest BCUT2D eigenvalue weighted by molar-refractivity contribution is 7.90. The van der Waals surface area contributed by atoms with Gasteiger partial charge in [0.1, 0.15) is 9.84 Å². The molecule has 3 N–H and O–H groups in total. The number of nitrogens with zero attached hydrogens (tertiary/aromatic N) is 3. The maximum atomic E-state index is 13.7. The number of aromatic nitrogens is 3. The summed E-state index contributed by atoms with van der Waals surface area (Å²) >= 11 is 0. The number of nitrogens with one attached hydrogen (secondary N) is 1. The summed E-state index contributed by atoms with van der Waals surface area (Å²) in [6.45, 7) is 2.03. The predicted octanol–water partition coefficient (Wildman–Crippen LogP) is 4.81. The molecule has 0 bridgehead atoms. The summed E-state index contributed by atoms with van der Waals surface area (Å²) < 4.78 is 129. The van der Waals surface area contributed by atoms with Gasteiger partial charge in [-0.3, -0.25) is 9.59 Å². The number of halogens is 8. The second-order valence-electron chi connectivity index (χ2n) is 9.72. The molecule has 0 saturated heterocycles. The largest absolute Gasteiger partial charge is 0.461 e. The fourth-order valence-corrected chi connectivity index (χ4v) is 5.33. The molecule has 3 rings (SSSR count). The number of benzene rings is 2. The maximum absolute atomic E-state index is 13.7. The van der Waals surface area contributed by atoms with Gasteiger partial charge in [0.05, 0.1) is 23.4 Å². The Labute approximate surface area is 239 Å². The third kappa shape index (κ3) is 7.47. The number of carbonyl (C=O) groups excluding carboxylic acids is 2. The Morgan fingerprint density at radius 3 is 2.19 bits per heavy atom. The van der Waals surface area contributed by atoms with Crippen LogP contribution in [0.25, 0.3) is 0 Å². The van der Waals surface area contributed by atoms with Crippen LogP contribution in [-0.2, 0) is 28.5 Å². The van der Waals surface area contributed by atoms with Gasteiger partial charge in [-0.25, -0.2) is 18.1 Å². The van der Waals surface area contributed by atoms with Gasteiger partial charge in [0.25, 0.3) is 5.91 Å². The Morgan fingerprint density at radius 2 is 1.67 bits per heavy atom. The molecule has 0 unspecified atom stereocenters. The number of hydrogen-bond donors (Lipinski definition) is 2. The van der Waals surface area contributed by atoms with Gasteiger partial charge in [-0.2, -0.15) is 35.1 Å². The lowest BCUT2D eigenvalue weighted by molar-refractivity contribution is -0.292. The Bertz CT molecular complexity index is 1670. The molecule has 2 amide bonds. The van der Waals surface area contributed by atoms with E-state index in [9.17, 15) is 53.1 Å². The van der Waals surface area contributed by atoms with E-state index in [2.05, 4.69) is 15.4 Å². The average Bonchev–Trinajstić information content (AvgIpc) is 3.28. The summed E-state index contributed by atoms with van der Waals surface area (Å²) in [5.41, 5.74) is 5.59. The zero-order chi connectivity index (χ0) is 32.7. The fraction of sp³-hybridized carbons (Fsp3) is 0.360. The number of primary amides is 1. The number of nitrogens with two attached hydrogens (primary N) is 1. The van der Waals surface area contributed by atoms with Crippen molar-refractivity contribution >= 4 is 27.3 Å². The Hall–Kier alpha value is -4.09. The highest BCUT2D eigenvalue weighted by Crippen LogP contribution is 2.43. The lowest BCUT2D eigenvalue weighted by Crippen LogP contribution is -2.35. The van der Waals surface area contributed by atoms with Crippen LogP contribution < -0.4 is 11.1 Å². The molecule has 0 aliphatic carbocycles. The molecular weight excluding hydrogens is 618 g/mol. The van der Waals surface area contributed by atoms with E-state index in [0.29, 0.717) is 0 Å². The van der Waals surface area contributed by atoms with Crippen LogP contribution in [0.15, 0.2) is 36.4 Å². The van der Waals surface area contributed by atoms with Crippen LogP contribution in [0.1, 0.15) is 61.9 Å². The van der Waals surface area contributed by atoms with Gasteiger partial charge in [0, 0.05) is 11.9 Å². The quantitative estimate of drug-likeness (QED) is 0.322. The van der Waals surface area contributed by atoms with E-state index >= 15 is 0 Å². The van der Waals surface area contributed by atoms with Crippen LogP contribution in [0.4, 0.5) is 40.8 Å². The van der Waals surface area contributed by atoms with E-state index in [1.807, 2.05) is 0 Å². The van der Waals surface area contributed by atoms with E-state index in [4.69, 9.17) is 5.73 Å². The van der Waals surface area contributed by atoms with E-state index in [0.717, 1.165) is 12.3 Å². The van der Waals surface area contributed by atoms with Crippen LogP contribution in [-0.4, -0.2) is 53.2 Å². The first-order valence-corrected chi connectivity index (χ1v) is 14.1. The van der Waals surface area contributed by atoms with Crippen molar-refractivity contribution in [2.45, 2.75) is 44.6 Å². The van der Waals surface area contributed by atoms with Crippen molar-refractivity contribution in [3.8, 4) is 0 Å². The molecule has 0 aliphatic rings. The number of alkyl halides is 8. The second kappa shape index (κ2) is 11.5. The van der Waals surface area contributed by atoms with Crippen molar-refractivity contribution in [2.75, 3.05) is 17.3 Å². The Kier molecular flexibility index (Phi) is 8.96. The van der Waals surface area contributed by atoms with E-state index in [-0.39, 0.29) is 43.9 Å². The average molecular weight is 642 g/mol. The molecule has 1 atom stereocenters. The molecule has 234 valence electrons. The molecule has 2 aromatic carbocycles. The summed E-state index contributed by atoms with van der Waals surface area (Å²) in [5.74, 6) is -13.1. The fourth-order valence-electron chi connectivity index (χ4n) is 4.24. The molecule has 1 aromatic heterocycles. The summed E-state index contributed by atoms with van der Waals surface area (Å²) in [4.78, 5) is 27.8. The van der Waals surface area contributed by atoms with Gasteiger partial charge >= 0.3 is 18.3 Å². The molecule has 18 heteroatoms. The van der Waals surface area contributed by atoms with Gasteiger partial charge in [-0.1, -0.05) is 31.2 Å². The van der Waals surface area contributed by atoms with E-state index in [1.165, 1.54) is 44.2 Å². The highest BCUT2D eigenvalue weighted by Gasteiger charge is 2.62. The minimum Gasteiger partial charge on any atom is -0.366 e. The lowest BCUT2D eigenvalue weighted by Gasteiger charge is -2.18. The molecule has 9 nitrogen and oxygen atoms in total. The van der Waals surface area contributed by atoms with E-state index < -0.39 is 64.0 Å². The zero-order valence-corrected chi connectivity index (χ0v) is 23.3. The third-order valence-corrected chi connectivity index (χ3v) is 7.21. The van der Waals surface area contributed by atoms with Crippen molar-refractivity contribution in [2.24, 2.45) is 5.73 Å². The molecule has 0 aliphatic heterocycles. The number of anilines is 1. The van der Waals surface area contributed by atoms with Gasteiger partial charge in [0.15, 0.2) is 0 Å². The number of sulfone groups is 1. The number of rotatable bonds is 9. The smallest absolute Gasteiger partial charge is 0.366 e. The molecule has 0 spiro atoms. The van der Waals surface area contributed by atoms with Gasteiger partial charge in [-0.15, -0.1) is 5.10 Å². The molecule has 43 heavy (non-hydrogen) atoms. The number of amides is 2. The van der Waals surface area contributed by atoms with Crippen LogP contribution in [0.5, 0.6) is 0 Å². The van der Waals surface area contributed by atoms with Crippen LogP contribution in [0.2, 0.25) is 0 Å².